The molecule has 0 N–H and O–H groups in total. The van der Waals surface area contributed by atoms with Crippen molar-refractivity contribution >= 4 is 34.9 Å². The molecule has 0 aliphatic heterocycles. The SMILES string of the molecule is [B]C1CC(OCP(=O)(OC)OC)C([Se]c2ccccc2)C1F. The van der Waals surface area contributed by atoms with Crippen LogP contribution in [0, 0.1) is 0 Å². The van der Waals surface area contributed by atoms with Crippen LogP contribution in [0.15, 0.2) is 30.3 Å². The van der Waals surface area contributed by atoms with Gasteiger partial charge in [0.25, 0.3) is 0 Å². The zero-order valence-electron chi connectivity index (χ0n) is 12.6. The third-order valence-electron chi connectivity index (χ3n) is 3.61. The number of halogens is 1. The van der Waals surface area contributed by atoms with Gasteiger partial charge in [0.2, 0.25) is 0 Å². The number of alkyl halides is 1. The monoisotopic (exact) mass is 392 g/mol. The molecule has 4 nitrogen and oxygen atoms in total. The van der Waals surface area contributed by atoms with Crippen LogP contribution < -0.4 is 4.46 Å². The van der Waals surface area contributed by atoms with Crippen molar-refractivity contribution in [2.75, 3.05) is 20.6 Å². The predicted octanol–water partition coefficient (Wildman–Crippen LogP) is 2.33. The van der Waals surface area contributed by atoms with Crippen LogP contribution in [0.3, 0.4) is 0 Å². The summed E-state index contributed by atoms with van der Waals surface area (Å²) in [6.07, 6.45) is -1.27. The summed E-state index contributed by atoms with van der Waals surface area (Å²) in [4.78, 5) is -0.299. The second kappa shape index (κ2) is 8.09. The van der Waals surface area contributed by atoms with Gasteiger partial charge in [0.1, 0.15) is 0 Å². The van der Waals surface area contributed by atoms with E-state index in [1.807, 2.05) is 30.3 Å². The molecule has 1 aliphatic rings. The third kappa shape index (κ3) is 4.44. The fourth-order valence-corrected chi connectivity index (χ4v) is 5.77. The van der Waals surface area contributed by atoms with E-state index in [1.54, 1.807) is 0 Å². The molecule has 0 saturated heterocycles. The van der Waals surface area contributed by atoms with Crippen molar-refractivity contribution in [3.8, 4) is 0 Å². The summed E-state index contributed by atoms with van der Waals surface area (Å²) >= 11 is -0.108. The molecule has 0 amide bonds. The van der Waals surface area contributed by atoms with Gasteiger partial charge in [-0.25, -0.2) is 0 Å². The van der Waals surface area contributed by atoms with Gasteiger partial charge in [0, 0.05) is 0 Å². The Bertz CT molecular complexity index is 513. The van der Waals surface area contributed by atoms with Crippen LogP contribution in [-0.4, -0.2) is 55.6 Å². The van der Waals surface area contributed by atoms with Crippen molar-refractivity contribution in [1.29, 1.82) is 0 Å². The average Bonchev–Trinajstić information content (AvgIpc) is 2.81. The first-order valence-corrected chi connectivity index (χ1v) is 10.5. The number of rotatable bonds is 7. The first kappa shape index (κ1) is 18.2. The minimum atomic E-state index is -3.26. The Morgan fingerprint density at radius 1 is 1.32 bits per heavy atom. The van der Waals surface area contributed by atoms with Gasteiger partial charge < -0.3 is 0 Å². The summed E-state index contributed by atoms with van der Waals surface area (Å²) in [5, 5.41) is 0. The van der Waals surface area contributed by atoms with E-state index in [0.29, 0.717) is 6.42 Å². The Labute approximate surface area is 138 Å². The van der Waals surface area contributed by atoms with Gasteiger partial charge in [-0.1, -0.05) is 0 Å². The second-order valence-electron chi connectivity index (χ2n) is 5.05. The molecular weight excluding hydrogens is 372 g/mol. The van der Waals surface area contributed by atoms with Gasteiger partial charge in [0.15, 0.2) is 0 Å². The Morgan fingerprint density at radius 2 is 1.95 bits per heavy atom. The molecule has 0 bridgehead atoms. The molecule has 120 valence electrons. The maximum atomic E-state index is 14.4. The van der Waals surface area contributed by atoms with Crippen molar-refractivity contribution in [2.24, 2.45) is 0 Å². The van der Waals surface area contributed by atoms with Crippen LogP contribution in [0.4, 0.5) is 4.39 Å². The standard InChI is InChI=1S/C14H19BFO4PSe/c1-18-21(17,19-2)9-20-12-8-11(15)13(16)14(12)22-10-6-4-3-5-7-10/h3-7,11-14H,8-9H2,1-2H3. The van der Waals surface area contributed by atoms with Crippen LogP contribution in [0.25, 0.3) is 0 Å². The molecule has 4 unspecified atom stereocenters. The predicted molar refractivity (Wildman–Crippen MR) is 86.0 cm³/mol. The van der Waals surface area contributed by atoms with Crippen LogP contribution in [0.1, 0.15) is 6.42 Å². The molecule has 4 atom stereocenters. The number of ether oxygens (including phenoxy) is 1. The molecule has 0 aromatic heterocycles. The molecule has 1 aromatic carbocycles. The number of benzene rings is 1. The molecule has 1 aromatic rings. The Morgan fingerprint density at radius 3 is 2.55 bits per heavy atom. The van der Waals surface area contributed by atoms with E-state index in [0.717, 1.165) is 4.46 Å². The third-order valence-corrected chi connectivity index (χ3v) is 8.09. The van der Waals surface area contributed by atoms with Gasteiger partial charge in [-0.05, 0) is 0 Å². The molecular formula is C14H19BFO4PSe. The number of hydrogen-bond donors (Lipinski definition) is 0. The molecule has 2 rings (SSSR count). The summed E-state index contributed by atoms with van der Waals surface area (Å²) in [5.74, 6) is -0.551. The molecule has 1 fully saturated rings. The van der Waals surface area contributed by atoms with Crippen molar-refractivity contribution < 1.29 is 22.7 Å². The average molecular weight is 391 g/mol. The molecule has 8 heteroatoms. The molecule has 2 radical (unpaired) electrons. The topological polar surface area (TPSA) is 44.8 Å². The molecule has 0 heterocycles. The van der Waals surface area contributed by atoms with Gasteiger partial charge >= 0.3 is 138 Å². The molecule has 0 spiro atoms. The Kier molecular flexibility index (Phi) is 6.69. The second-order valence-corrected chi connectivity index (χ2v) is 9.89. The van der Waals surface area contributed by atoms with Crippen molar-refractivity contribution in [3.05, 3.63) is 30.3 Å². The van der Waals surface area contributed by atoms with Crippen molar-refractivity contribution in [3.63, 3.8) is 0 Å². The van der Waals surface area contributed by atoms with E-state index in [9.17, 15) is 8.96 Å². The summed E-state index contributed by atoms with van der Waals surface area (Å²) in [6.45, 7) is 0. The fourth-order valence-electron chi connectivity index (χ4n) is 2.31. The van der Waals surface area contributed by atoms with E-state index < -0.39 is 19.6 Å². The molecule has 1 aliphatic carbocycles. The first-order chi connectivity index (χ1) is 10.5. The van der Waals surface area contributed by atoms with E-state index >= 15 is 0 Å². The quantitative estimate of drug-likeness (QED) is 0.529. The fraction of sp³-hybridized carbons (Fsp3) is 0.571. The first-order valence-electron chi connectivity index (χ1n) is 6.92. The van der Waals surface area contributed by atoms with Crippen LogP contribution >= 0.6 is 7.60 Å². The summed E-state index contributed by atoms with van der Waals surface area (Å²) in [5.41, 5.74) is 0. The van der Waals surface area contributed by atoms with E-state index in [1.165, 1.54) is 14.2 Å². The number of hydrogen-bond acceptors (Lipinski definition) is 4. The van der Waals surface area contributed by atoms with Gasteiger partial charge in [-0.15, -0.1) is 0 Å². The van der Waals surface area contributed by atoms with Gasteiger partial charge in [-0.3, -0.25) is 0 Å². The van der Waals surface area contributed by atoms with Gasteiger partial charge in [-0.2, -0.15) is 0 Å². The zero-order valence-corrected chi connectivity index (χ0v) is 15.2. The van der Waals surface area contributed by atoms with E-state index in [2.05, 4.69) is 0 Å². The minimum absolute atomic E-state index is 0.108. The normalized spacial score (nSPS) is 28.9. The summed E-state index contributed by atoms with van der Waals surface area (Å²) in [6, 6.07) is 9.73. The van der Waals surface area contributed by atoms with Crippen LogP contribution in [0.5, 0.6) is 0 Å². The molecule has 22 heavy (non-hydrogen) atoms. The maximum absolute atomic E-state index is 14.4. The van der Waals surface area contributed by atoms with Crippen LogP contribution in [-0.2, 0) is 18.3 Å². The summed E-state index contributed by atoms with van der Waals surface area (Å²) in [7, 11) is 5.19. The zero-order chi connectivity index (χ0) is 16.2. The van der Waals surface area contributed by atoms with E-state index in [-0.39, 0.29) is 32.2 Å². The van der Waals surface area contributed by atoms with Crippen molar-refractivity contribution in [2.45, 2.75) is 29.3 Å². The van der Waals surface area contributed by atoms with Crippen molar-refractivity contribution in [1.82, 2.24) is 0 Å². The van der Waals surface area contributed by atoms with Crippen LogP contribution in [0.2, 0.25) is 10.6 Å². The molecule has 1 saturated carbocycles. The summed E-state index contributed by atoms with van der Waals surface area (Å²) < 4.78 is 42.9. The van der Waals surface area contributed by atoms with E-state index in [4.69, 9.17) is 21.6 Å². The van der Waals surface area contributed by atoms with Gasteiger partial charge in [0.05, 0.1) is 0 Å². The Hall–Kier alpha value is -0.156. The Balaban J connectivity index is 2.03.